The minimum Gasteiger partial charge on any atom is -0.497 e. The standard InChI is InChI=1S/C16H24O2/c1-11-7-8-16(17,10-13(11)3)15-6-5-14(18-4)9-12(15)2/h5-6,9,11,13,17H,7-8,10H2,1-4H3. The van der Waals surface area contributed by atoms with Crippen molar-refractivity contribution in [3.8, 4) is 5.75 Å². The topological polar surface area (TPSA) is 29.5 Å². The quantitative estimate of drug-likeness (QED) is 0.865. The predicted molar refractivity (Wildman–Crippen MR) is 73.8 cm³/mol. The number of hydrogen-bond donors (Lipinski definition) is 1. The van der Waals surface area contributed by atoms with Crippen LogP contribution in [0.15, 0.2) is 18.2 Å². The highest BCUT2D eigenvalue weighted by atomic mass is 16.5. The summed E-state index contributed by atoms with van der Waals surface area (Å²) in [5.74, 6) is 2.14. The number of aliphatic hydroxyl groups is 1. The zero-order valence-corrected chi connectivity index (χ0v) is 11.9. The van der Waals surface area contributed by atoms with Crippen LogP contribution in [-0.2, 0) is 5.60 Å². The van der Waals surface area contributed by atoms with Gasteiger partial charge in [0.2, 0.25) is 0 Å². The number of benzene rings is 1. The minimum atomic E-state index is -0.651. The lowest BCUT2D eigenvalue weighted by atomic mass is 9.69. The highest BCUT2D eigenvalue weighted by Crippen LogP contribution is 2.43. The van der Waals surface area contributed by atoms with E-state index in [0.29, 0.717) is 11.8 Å². The normalized spacial score (nSPS) is 32.3. The summed E-state index contributed by atoms with van der Waals surface area (Å²) in [5, 5.41) is 10.9. The Morgan fingerprint density at radius 3 is 2.56 bits per heavy atom. The Kier molecular flexibility index (Phi) is 3.67. The van der Waals surface area contributed by atoms with Crippen LogP contribution in [0.4, 0.5) is 0 Å². The van der Waals surface area contributed by atoms with Gasteiger partial charge in [0.05, 0.1) is 12.7 Å². The second kappa shape index (κ2) is 4.93. The minimum absolute atomic E-state index is 0.574. The van der Waals surface area contributed by atoms with Gasteiger partial charge in [-0.25, -0.2) is 0 Å². The van der Waals surface area contributed by atoms with Crippen LogP contribution in [0.2, 0.25) is 0 Å². The third-order valence-corrected chi connectivity index (χ3v) is 4.58. The first-order valence-corrected chi connectivity index (χ1v) is 6.84. The van der Waals surface area contributed by atoms with Gasteiger partial charge in [-0.3, -0.25) is 0 Å². The molecule has 2 nitrogen and oxygen atoms in total. The average Bonchev–Trinajstić information content (AvgIpc) is 2.34. The summed E-state index contributed by atoms with van der Waals surface area (Å²) >= 11 is 0. The second-order valence-corrected chi connectivity index (χ2v) is 5.91. The van der Waals surface area contributed by atoms with Gasteiger partial charge in [-0.15, -0.1) is 0 Å². The molecule has 100 valence electrons. The Bertz CT molecular complexity index is 427. The SMILES string of the molecule is COc1ccc(C2(O)CCC(C)C(C)C2)c(C)c1. The van der Waals surface area contributed by atoms with Gasteiger partial charge < -0.3 is 9.84 Å². The summed E-state index contributed by atoms with van der Waals surface area (Å²) in [6, 6.07) is 5.98. The fourth-order valence-corrected chi connectivity index (χ4v) is 3.12. The van der Waals surface area contributed by atoms with Crippen molar-refractivity contribution in [3.05, 3.63) is 29.3 Å². The predicted octanol–water partition coefficient (Wildman–Crippen LogP) is 3.65. The van der Waals surface area contributed by atoms with Gasteiger partial charge in [-0.1, -0.05) is 19.9 Å². The summed E-state index contributed by atoms with van der Waals surface area (Å²) in [6.45, 7) is 6.58. The maximum Gasteiger partial charge on any atom is 0.119 e. The summed E-state index contributed by atoms with van der Waals surface area (Å²) < 4.78 is 5.23. The van der Waals surface area contributed by atoms with Crippen LogP contribution in [0.1, 0.15) is 44.2 Å². The van der Waals surface area contributed by atoms with Gasteiger partial charge in [0.1, 0.15) is 5.75 Å². The lowest BCUT2D eigenvalue weighted by molar-refractivity contribution is -0.0340. The molecule has 1 fully saturated rings. The number of ether oxygens (including phenoxy) is 1. The molecule has 0 aromatic heterocycles. The van der Waals surface area contributed by atoms with Crippen molar-refractivity contribution >= 4 is 0 Å². The van der Waals surface area contributed by atoms with E-state index in [0.717, 1.165) is 36.1 Å². The monoisotopic (exact) mass is 248 g/mol. The smallest absolute Gasteiger partial charge is 0.119 e. The Morgan fingerprint density at radius 2 is 2.00 bits per heavy atom. The molecule has 1 aromatic rings. The molecule has 18 heavy (non-hydrogen) atoms. The first-order chi connectivity index (χ1) is 8.46. The lowest BCUT2D eigenvalue weighted by Gasteiger charge is -2.40. The van der Waals surface area contributed by atoms with Gasteiger partial charge in [0.25, 0.3) is 0 Å². The highest BCUT2D eigenvalue weighted by molar-refractivity contribution is 5.38. The lowest BCUT2D eigenvalue weighted by Crippen LogP contribution is -2.35. The molecule has 1 aromatic carbocycles. The molecule has 2 rings (SSSR count). The molecule has 0 saturated heterocycles. The van der Waals surface area contributed by atoms with Crippen molar-refractivity contribution in [1.82, 2.24) is 0 Å². The molecular weight excluding hydrogens is 224 g/mol. The molecule has 3 atom stereocenters. The third kappa shape index (κ3) is 2.39. The molecule has 2 heteroatoms. The Labute approximate surface area is 110 Å². The van der Waals surface area contributed by atoms with Crippen molar-refractivity contribution in [1.29, 1.82) is 0 Å². The largest absolute Gasteiger partial charge is 0.497 e. The van der Waals surface area contributed by atoms with Crippen LogP contribution in [-0.4, -0.2) is 12.2 Å². The van der Waals surface area contributed by atoms with E-state index in [2.05, 4.69) is 20.8 Å². The summed E-state index contributed by atoms with van der Waals surface area (Å²) in [4.78, 5) is 0. The molecule has 1 aliphatic carbocycles. The molecule has 0 aliphatic heterocycles. The second-order valence-electron chi connectivity index (χ2n) is 5.91. The molecule has 1 aliphatic rings. The van der Waals surface area contributed by atoms with Crippen LogP contribution in [0.5, 0.6) is 5.75 Å². The molecule has 0 bridgehead atoms. The van der Waals surface area contributed by atoms with Gasteiger partial charge >= 0.3 is 0 Å². The summed E-state index contributed by atoms with van der Waals surface area (Å²) in [5.41, 5.74) is 1.54. The van der Waals surface area contributed by atoms with E-state index in [9.17, 15) is 5.11 Å². The Balaban J connectivity index is 2.30. The molecule has 0 spiro atoms. The van der Waals surface area contributed by atoms with E-state index in [1.165, 1.54) is 0 Å². The van der Waals surface area contributed by atoms with Gasteiger partial charge in [0.15, 0.2) is 0 Å². The Hall–Kier alpha value is -1.02. The zero-order chi connectivity index (χ0) is 13.3. The summed E-state index contributed by atoms with van der Waals surface area (Å²) in [6.07, 6.45) is 2.83. The summed E-state index contributed by atoms with van der Waals surface area (Å²) in [7, 11) is 1.67. The molecule has 3 unspecified atom stereocenters. The Morgan fingerprint density at radius 1 is 1.28 bits per heavy atom. The molecule has 0 radical (unpaired) electrons. The molecule has 1 saturated carbocycles. The van der Waals surface area contributed by atoms with E-state index in [-0.39, 0.29) is 0 Å². The number of aryl methyl sites for hydroxylation is 1. The van der Waals surface area contributed by atoms with Crippen LogP contribution < -0.4 is 4.74 Å². The first-order valence-electron chi connectivity index (χ1n) is 6.84. The molecule has 0 amide bonds. The zero-order valence-electron chi connectivity index (χ0n) is 11.9. The van der Waals surface area contributed by atoms with Crippen LogP contribution in [0.25, 0.3) is 0 Å². The van der Waals surface area contributed by atoms with E-state index in [1.807, 2.05) is 18.2 Å². The number of methoxy groups -OCH3 is 1. The maximum atomic E-state index is 10.9. The van der Waals surface area contributed by atoms with E-state index >= 15 is 0 Å². The maximum absolute atomic E-state index is 10.9. The highest BCUT2D eigenvalue weighted by Gasteiger charge is 2.38. The van der Waals surface area contributed by atoms with E-state index < -0.39 is 5.60 Å². The number of hydrogen-bond acceptors (Lipinski definition) is 2. The van der Waals surface area contributed by atoms with Gasteiger partial charge in [-0.05, 0) is 61.3 Å². The van der Waals surface area contributed by atoms with Crippen molar-refractivity contribution in [2.24, 2.45) is 11.8 Å². The van der Waals surface area contributed by atoms with Crippen molar-refractivity contribution in [2.75, 3.05) is 7.11 Å². The fraction of sp³-hybridized carbons (Fsp3) is 0.625. The van der Waals surface area contributed by atoms with E-state index in [1.54, 1.807) is 7.11 Å². The van der Waals surface area contributed by atoms with Gasteiger partial charge in [-0.2, -0.15) is 0 Å². The van der Waals surface area contributed by atoms with E-state index in [4.69, 9.17) is 4.74 Å². The van der Waals surface area contributed by atoms with Gasteiger partial charge in [0, 0.05) is 0 Å². The molecule has 0 heterocycles. The van der Waals surface area contributed by atoms with Crippen LogP contribution >= 0.6 is 0 Å². The molecular formula is C16H24O2. The third-order valence-electron chi connectivity index (χ3n) is 4.58. The van der Waals surface area contributed by atoms with Crippen LogP contribution in [0, 0.1) is 18.8 Å². The average molecular weight is 248 g/mol. The van der Waals surface area contributed by atoms with Crippen molar-refractivity contribution in [2.45, 2.75) is 45.6 Å². The number of rotatable bonds is 2. The first kappa shape index (κ1) is 13.4. The molecule has 1 N–H and O–H groups in total. The fourth-order valence-electron chi connectivity index (χ4n) is 3.12. The van der Waals surface area contributed by atoms with Crippen LogP contribution in [0.3, 0.4) is 0 Å². The van der Waals surface area contributed by atoms with Crippen molar-refractivity contribution in [3.63, 3.8) is 0 Å². The van der Waals surface area contributed by atoms with Crippen molar-refractivity contribution < 1.29 is 9.84 Å².